The van der Waals surface area contributed by atoms with Gasteiger partial charge in [-0.15, -0.1) is 0 Å². The molecule has 0 spiro atoms. The maximum atomic E-state index is 12.2. The number of benzene rings is 1. The van der Waals surface area contributed by atoms with Crippen molar-refractivity contribution in [1.82, 2.24) is 15.2 Å². The van der Waals surface area contributed by atoms with Gasteiger partial charge in [-0.1, -0.05) is 18.2 Å². The van der Waals surface area contributed by atoms with E-state index in [1.54, 1.807) is 6.92 Å². The Morgan fingerprint density at radius 2 is 2.16 bits per heavy atom. The van der Waals surface area contributed by atoms with E-state index in [1.165, 1.54) is 10.9 Å². The second kappa shape index (κ2) is 5.49. The summed E-state index contributed by atoms with van der Waals surface area (Å²) in [5, 5.41) is 6.83. The van der Waals surface area contributed by atoms with Crippen LogP contribution in [0.5, 0.6) is 0 Å². The standard InChI is InChI=1S/C12H13N5OS/c1-8-10(7-14-15-12(13)19)11(18)17(16-8)9-5-3-2-4-6-9/h2-7,16H,1H3,(H3,13,15,19)/b14-7-. The number of aryl methyl sites for hydroxylation is 1. The highest BCUT2D eigenvalue weighted by Crippen LogP contribution is 2.05. The van der Waals surface area contributed by atoms with Gasteiger partial charge in [0, 0.05) is 5.69 Å². The predicted molar refractivity (Wildman–Crippen MR) is 78.6 cm³/mol. The van der Waals surface area contributed by atoms with Crippen LogP contribution in [-0.4, -0.2) is 21.1 Å². The van der Waals surface area contributed by atoms with E-state index in [-0.39, 0.29) is 10.7 Å². The number of para-hydroxylation sites is 1. The topological polar surface area (TPSA) is 88.2 Å². The molecule has 0 saturated carbocycles. The Labute approximate surface area is 114 Å². The molecule has 0 fully saturated rings. The van der Waals surface area contributed by atoms with Gasteiger partial charge in [0.15, 0.2) is 5.11 Å². The van der Waals surface area contributed by atoms with Crippen molar-refractivity contribution in [2.45, 2.75) is 6.92 Å². The molecule has 0 bridgehead atoms. The number of aromatic nitrogens is 2. The summed E-state index contributed by atoms with van der Waals surface area (Å²) in [6.07, 6.45) is 1.40. The Balaban J connectivity index is 2.38. The fourth-order valence-corrected chi connectivity index (χ4v) is 1.68. The first-order valence-electron chi connectivity index (χ1n) is 5.55. The number of nitrogens with two attached hydrogens (primary N) is 1. The van der Waals surface area contributed by atoms with Crippen molar-refractivity contribution < 1.29 is 0 Å². The average Bonchev–Trinajstić information content (AvgIpc) is 2.67. The molecule has 0 aliphatic rings. The van der Waals surface area contributed by atoms with Gasteiger partial charge < -0.3 is 5.73 Å². The van der Waals surface area contributed by atoms with Crippen LogP contribution in [0.1, 0.15) is 11.3 Å². The third-order valence-electron chi connectivity index (χ3n) is 2.50. The summed E-state index contributed by atoms with van der Waals surface area (Å²) in [6, 6.07) is 9.29. The van der Waals surface area contributed by atoms with Crippen LogP contribution in [0.15, 0.2) is 40.2 Å². The number of nitrogens with zero attached hydrogens (tertiary/aromatic N) is 2. The summed E-state index contributed by atoms with van der Waals surface area (Å²) in [7, 11) is 0. The first-order chi connectivity index (χ1) is 9.09. The van der Waals surface area contributed by atoms with Crippen molar-refractivity contribution in [3.05, 3.63) is 51.9 Å². The molecular weight excluding hydrogens is 262 g/mol. The number of hydrogen-bond acceptors (Lipinski definition) is 3. The van der Waals surface area contributed by atoms with Crippen molar-refractivity contribution in [3.63, 3.8) is 0 Å². The van der Waals surface area contributed by atoms with Gasteiger partial charge in [0.05, 0.1) is 17.5 Å². The van der Waals surface area contributed by atoms with Crippen molar-refractivity contribution in [3.8, 4) is 5.69 Å². The molecule has 4 N–H and O–H groups in total. The van der Waals surface area contributed by atoms with Gasteiger partial charge >= 0.3 is 0 Å². The van der Waals surface area contributed by atoms with E-state index in [0.717, 1.165) is 5.69 Å². The Kier molecular flexibility index (Phi) is 3.76. The molecule has 0 amide bonds. The van der Waals surface area contributed by atoms with Crippen molar-refractivity contribution in [2.24, 2.45) is 10.8 Å². The smallest absolute Gasteiger partial charge is 0.280 e. The highest BCUT2D eigenvalue weighted by molar-refractivity contribution is 7.80. The molecule has 0 unspecified atom stereocenters. The van der Waals surface area contributed by atoms with Crippen LogP contribution in [0.25, 0.3) is 5.69 Å². The SMILES string of the molecule is Cc1[nH]n(-c2ccccc2)c(=O)c1/C=N\NC(N)=S. The van der Waals surface area contributed by atoms with E-state index in [9.17, 15) is 4.79 Å². The highest BCUT2D eigenvalue weighted by Gasteiger charge is 2.10. The predicted octanol–water partition coefficient (Wildman–Crippen LogP) is 0.641. The molecule has 0 aliphatic carbocycles. The van der Waals surface area contributed by atoms with Gasteiger partial charge in [-0.3, -0.25) is 15.3 Å². The largest absolute Gasteiger partial charge is 0.375 e. The minimum Gasteiger partial charge on any atom is -0.375 e. The average molecular weight is 275 g/mol. The number of H-pyrrole nitrogens is 1. The minimum absolute atomic E-state index is 0.0489. The van der Waals surface area contributed by atoms with Crippen LogP contribution in [0.2, 0.25) is 0 Å². The van der Waals surface area contributed by atoms with Crippen LogP contribution in [0, 0.1) is 6.92 Å². The molecule has 0 atom stereocenters. The molecular formula is C12H13N5OS. The van der Waals surface area contributed by atoms with Gasteiger partial charge in [0.1, 0.15) is 0 Å². The van der Waals surface area contributed by atoms with Crippen molar-refractivity contribution in [2.75, 3.05) is 0 Å². The second-order valence-electron chi connectivity index (χ2n) is 3.86. The van der Waals surface area contributed by atoms with E-state index in [4.69, 9.17) is 5.73 Å². The maximum Gasteiger partial charge on any atom is 0.280 e. The molecule has 0 radical (unpaired) electrons. The van der Waals surface area contributed by atoms with Gasteiger partial charge in [0.2, 0.25) is 0 Å². The number of thiocarbonyl (C=S) groups is 1. The summed E-state index contributed by atoms with van der Waals surface area (Å²) in [5.41, 5.74) is 9.40. The molecule has 2 aromatic rings. The lowest BCUT2D eigenvalue weighted by Gasteiger charge is -1.99. The molecule has 0 saturated heterocycles. The molecule has 98 valence electrons. The maximum absolute atomic E-state index is 12.2. The van der Waals surface area contributed by atoms with Crippen LogP contribution in [0.4, 0.5) is 0 Å². The fraction of sp³-hybridized carbons (Fsp3) is 0.0833. The molecule has 2 rings (SSSR count). The number of aromatic amines is 1. The summed E-state index contributed by atoms with van der Waals surface area (Å²) < 4.78 is 1.46. The number of hydrogen-bond donors (Lipinski definition) is 3. The van der Waals surface area contributed by atoms with E-state index >= 15 is 0 Å². The summed E-state index contributed by atoms with van der Waals surface area (Å²) >= 11 is 4.62. The molecule has 7 heteroatoms. The zero-order chi connectivity index (χ0) is 13.8. The van der Waals surface area contributed by atoms with Gasteiger partial charge in [-0.25, -0.2) is 4.68 Å². The molecule has 1 aromatic heterocycles. The number of nitrogens with one attached hydrogen (secondary N) is 2. The normalized spacial score (nSPS) is 10.8. The minimum atomic E-state index is -0.183. The Morgan fingerprint density at radius 1 is 1.47 bits per heavy atom. The van der Waals surface area contributed by atoms with Gasteiger partial charge in [-0.2, -0.15) is 5.10 Å². The quantitative estimate of drug-likeness (QED) is 0.436. The lowest BCUT2D eigenvalue weighted by molar-refractivity contribution is 0.835. The van der Waals surface area contributed by atoms with Crippen LogP contribution in [0.3, 0.4) is 0 Å². The summed E-state index contributed by atoms with van der Waals surface area (Å²) in [6.45, 7) is 1.79. The third kappa shape index (κ3) is 2.89. The molecule has 6 nitrogen and oxygen atoms in total. The molecule has 1 aromatic carbocycles. The Morgan fingerprint density at radius 3 is 2.79 bits per heavy atom. The monoisotopic (exact) mass is 275 g/mol. The second-order valence-corrected chi connectivity index (χ2v) is 4.30. The van der Waals surface area contributed by atoms with Crippen LogP contribution >= 0.6 is 12.2 Å². The van der Waals surface area contributed by atoms with E-state index in [1.807, 2.05) is 30.3 Å². The van der Waals surface area contributed by atoms with Crippen molar-refractivity contribution in [1.29, 1.82) is 0 Å². The van der Waals surface area contributed by atoms with Crippen LogP contribution in [-0.2, 0) is 0 Å². The first-order valence-corrected chi connectivity index (χ1v) is 5.96. The summed E-state index contributed by atoms with van der Waals surface area (Å²) in [5.74, 6) is 0. The molecule has 1 heterocycles. The van der Waals surface area contributed by atoms with E-state index < -0.39 is 0 Å². The zero-order valence-corrected chi connectivity index (χ0v) is 11.1. The summed E-state index contributed by atoms with van der Waals surface area (Å²) in [4.78, 5) is 12.2. The van der Waals surface area contributed by atoms with Crippen molar-refractivity contribution >= 4 is 23.5 Å². The Hall–Kier alpha value is -2.41. The van der Waals surface area contributed by atoms with Gasteiger partial charge in [-0.05, 0) is 31.3 Å². The Bertz CT molecular complexity index is 671. The van der Waals surface area contributed by atoms with Gasteiger partial charge in [0.25, 0.3) is 5.56 Å². The van der Waals surface area contributed by atoms with E-state index in [0.29, 0.717) is 11.3 Å². The highest BCUT2D eigenvalue weighted by atomic mass is 32.1. The lowest BCUT2D eigenvalue weighted by atomic mass is 10.3. The molecule has 0 aliphatic heterocycles. The van der Waals surface area contributed by atoms with Crippen LogP contribution < -0.4 is 16.7 Å². The number of hydrazone groups is 1. The zero-order valence-electron chi connectivity index (χ0n) is 10.3. The molecule has 19 heavy (non-hydrogen) atoms. The third-order valence-corrected chi connectivity index (χ3v) is 2.59. The number of rotatable bonds is 3. The van der Waals surface area contributed by atoms with E-state index in [2.05, 4.69) is 27.8 Å². The lowest BCUT2D eigenvalue weighted by Crippen LogP contribution is -2.24. The first kappa shape index (κ1) is 13.0. The fourth-order valence-electron chi connectivity index (χ4n) is 1.63.